The van der Waals surface area contributed by atoms with E-state index in [2.05, 4.69) is 0 Å². The number of aliphatic hydroxyl groups is 2. The van der Waals surface area contributed by atoms with E-state index in [0.29, 0.717) is 0 Å². The van der Waals surface area contributed by atoms with Crippen LogP contribution in [-0.4, -0.2) is 112 Å². The fraction of sp³-hybridized carbons (Fsp3) is 0.500. The Morgan fingerprint density at radius 1 is 0.385 bits per heavy atom. The largest absolute Gasteiger partial charge is 0.550 e. The Hall–Kier alpha value is -2.10. The van der Waals surface area contributed by atoms with Gasteiger partial charge in [-0.1, -0.05) is 0 Å². The van der Waals surface area contributed by atoms with Crippen molar-refractivity contribution in [2.24, 2.45) is 0 Å². The first-order valence-electron chi connectivity index (χ1n) is 6.23. The minimum Gasteiger partial charge on any atom is -0.550 e. The third-order valence-electron chi connectivity index (χ3n) is 2.51. The number of rotatable bonds is 10. The number of carboxylic acids is 6. The number of carboxylic acid groups (broad SMARTS) is 6. The van der Waals surface area contributed by atoms with Crippen molar-refractivity contribution >= 4 is 35.8 Å². The molecular formula is C12H30Mn3O24-6. The van der Waals surface area contributed by atoms with Gasteiger partial charge in [-0.05, 0) is 0 Å². The summed E-state index contributed by atoms with van der Waals surface area (Å²) >= 11 is 0. The second-order valence-electron chi connectivity index (χ2n) is 4.83. The fourth-order valence-electron chi connectivity index (χ4n) is 1.37. The number of carbonyl (C=O) groups excluding carboxylic acids is 6. The molecule has 0 aromatic carbocycles. The van der Waals surface area contributed by atoms with E-state index in [1.54, 1.807) is 0 Å². The Morgan fingerprint density at radius 3 is 0.538 bits per heavy atom. The zero-order valence-corrected chi connectivity index (χ0v) is 22.3. The van der Waals surface area contributed by atoms with Crippen molar-refractivity contribution in [2.75, 3.05) is 0 Å². The molecular weight excluding hydrogens is 693 g/mol. The van der Waals surface area contributed by atoms with Crippen LogP contribution >= 0.6 is 0 Å². The molecule has 0 unspecified atom stereocenters. The maximum absolute atomic E-state index is 10.1. The summed E-state index contributed by atoms with van der Waals surface area (Å²) in [5.41, 5.74) is -5.95. The molecule has 0 saturated heterocycles. The maximum atomic E-state index is 10.1. The predicted octanol–water partition coefficient (Wildman–Crippen LogP) is -18.8. The van der Waals surface area contributed by atoms with Crippen LogP contribution in [0, 0.1) is 0 Å². The predicted molar refractivity (Wildman–Crippen MR) is 94.5 cm³/mol. The average molecular weight is 723 g/mol. The van der Waals surface area contributed by atoms with Crippen LogP contribution < -0.4 is 30.6 Å². The van der Waals surface area contributed by atoms with Gasteiger partial charge in [-0.2, -0.15) is 0 Å². The molecule has 0 aliphatic carbocycles. The number of aliphatic carboxylic acids is 6. The molecule has 0 aliphatic heterocycles. The van der Waals surface area contributed by atoms with E-state index in [9.17, 15) is 59.4 Å². The molecule has 0 rings (SSSR count). The Balaban J connectivity index is -0.0000000170. The van der Waals surface area contributed by atoms with Crippen LogP contribution in [0.5, 0.6) is 0 Å². The van der Waals surface area contributed by atoms with Crippen molar-refractivity contribution in [3.8, 4) is 0 Å². The van der Waals surface area contributed by atoms with Gasteiger partial charge < -0.3 is 124 Å². The fourth-order valence-corrected chi connectivity index (χ4v) is 1.37. The third-order valence-corrected chi connectivity index (χ3v) is 2.51. The smallest absolute Gasteiger partial charge is 0.114 e. The molecule has 249 valence electrons. The summed E-state index contributed by atoms with van der Waals surface area (Å²) in [6.45, 7) is 0. The second kappa shape index (κ2) is 43.0. The quantitative estimate of drug-likeness (QED) is 0.198. The summed E-state index contributed by atoms with van der Waals surface area (Å²) in [4.78, 5) is 60.0. The first-order chi connectivity index (χ1) is 11.6. The summed E-state index contributed by atoms with van der Waals surface area (Å²) in [6, 6.07) is 0. The molecule has 0 aromatic heterocycles. The Morgan fingerprint density at radius 2 is 0.487 bits per heavy atom. The van der Waals surface area contributed by atoms with Crippen molar-refractivity contribution in [1.82, 2.24) is 0 Å². The van der Waals surface area contributed by atoms with E-state index in [0.717, 1.165) is 0 Å². The zero-order valence-electron chi connectivity index (χ0n) is 18.8. The van der Waals surface area contributed by atoms with Gasteiger partial charge in [0.25, 0.3) is 0 Å². The Labute approximate surface area is 248 Å². The van der Waals surface area contributed by atoms with Crippen LogP contribution in [0.4, 0.5) is 0 Å². The first-order valence-corrected chi connectivity index (χ1v) is 6.23. The van der Waals surface area contributed by atoms with Crippen molar-refractivity contribution in [1.29, 1.82) is 0 Å². The van der Waals surface area contributed by atoms with Crippen LogP contribution in [0.1, 0.15) is 25.7 Å². The molecule has 0 heterocycles. The molecule has 0 saturated carbocycles. The monoisotopic (exact) mass is 723 g/mol. The molecule has 3 radical (unpaired) electrons. The van der Waals surface area contributed by atoms with Crippen molar-refractivity contribution in [3.63, 3.8) is 0 Å². The zero-order chi connectivity index (χ0) is 21.3. The molecule has 0 atom stereocenters. The van der Waals surface area contributed by atoms with Gasteiger partial charge in [0, 0.05) is 101 Å². The molecule has 22 N–H and O–H groups in total. The van der Waals surface area contributed by atoms with E-state index < -0.39 is 72.7 Å². The van der Waals surface area contributed by atoms with Crippen LogP contribution in [0.25, 0.3) is 0 Å². The van der Waals surface area contributed by atoms with E-state index >= 15 is 0 Å². The minimum atomic E-state index is -2.97. The molecule has 24 nitrogen and oxygen atoms in total. The first kappa shape index (κ1) is 99.2. The molecule has 0 amide bonds. The Kier molecular flexibility index (Phi) is 109. The second-order valence-corrected chi connectivity index (χ2v) is 4.83. The van der Waals surface area contributed by atoms with E-state index in [1.165, 1.54) is 0 Å². The average Bonchev–Trinajstić information content (AvgIpc) is 2.34. The van der Waals surface area contributed by atoms with Gasteiger partial charge >= 0.3 is 0 Å². The molecule has 0 aliphatic rings. The van der Waals surface area contributed by atoms with Crippen molar-refractivity contribution in [2.45, 2.75) is 36.9 Å². The van der Waals surface area contributed by atoms with E-state index in [4.69, 9.17) is 10.2 Å². The summed E-state index contributed by atoms with van der Waals surface area (Å²) in [6.07, 6.45) is -5.43. The van der Waals surface area contributed by atoms with Gasteiger partial charge in [-0.3, -0.25) is 0 Å². The SMILES string of the molecule is O.O.O.O.O.O.O.O.O.O.O=C([O-])CC(O)(CC(=O)[O-])C(=O)[O-].O=C([O-])CC(O)(CC(=O)[O-])C(=O)[O-].[Mn].[Mn].[Mn]. The van der Waals surface area contributed by atoms with Gasteiger partial charge in [0.1, 0.15) is 11.2 Å². The van der Waals surface area contributed by atoms with Crippen LogP contribution in [0.15, 0.2) is 0 Å². The van der Waals surface area contributed by atoms with Crippen molar-refractivity contribution < 1.29 is 176 Å². The Bertz CT molecular complexity index is 529. The molecule has 39 heavy (non-hydrogen) atoms. The maximum Gasteiger partial charge on any atom is 0.114 e. The van der Waals surface area contributed by atoms with Gasteiger partial charge in [-0.25, -0.2) is 0 Å². The van der Waals surface area contributed by atoms with Crippen LogP contribution in [0.3, 0.4) is 0 Å². The molecule has 0 fully saturated rings. The van der Waals surface area contributed by atoms with Crippen LogP contribution in [-0.2, 0) is 80.0 Å². The van der Waals surface area contributed by atoms with E-state index in [1.807, 2.05) is 0 Å². The molecule has 0 spiro atoms. The normalized spacial score (nSPS) is 7.23. The summed E-state index contributed by atoms with van der Waals surface area (Å²) in [7, 11) is 0. The number of carbonyl (C=O) groups is 6. The summed E-state index contributed by atoms with van der Waals surface area (Å²) in [5, 5.41) is 77.9. The van der Waals surface area contributed by atoms with Gasteiger partial charge in [0.05, 0.1) is 11.9 Å². The summed E-state index contributed by atoms with van der Waals surface area (Å²) < 4.78 is 0. The van der Waals surface area contributed by atoms with E-state index in [-0.39, 0.29) is 106 Å². The molecule has 27 heteroatoms. The molecule has 0 aromatic rings. The van der Waals surface area contributed by atoms with Crippen LogP contribution in [0.2, 0.25) is 0 Å². The third kappa shape index (κ3) is 46.1. The van der Waals surface area contributed by atoms with Gasteiger partial charge in [-0.15, -0.1) is 0 Å². The van der Waals surface area contributed by atoms with Gasteiger partial charge in [0.2, 0.25) is 0 Å². The minimum absolute atomic E-state index is 0. The topological polar surface area (TPSA) is 596 Å². The van der Waals surface area contributed by atoms with Gasteiger partial charge in [0.15, 0.2) is 0 Å². The number of hydrogen-bond donors (Lipinski definition) is 2. The standard InChI is InChI=1S/2C6H8O7.3Mn.10H2O/c2*7-3(8)1-6(13,5(11)12)2-4(9)10;;;;;;;;;;;;;/h2*13H,1-2H2,(H,7,8)(H,9,10)(H,11,12);;;;10*1H2/p-6. The summed E-state index contributed by atoms with van der Waals surface area (Å²) in [5.74, 6) is -12.0. The van der Waals surface area contributed by atoms with Crippen molar-refractivity contribution in [3.05, 3.63) is 0 Å². The number of hydrogen-bond acceptors (Lipinski definition) is 14. The molecule has 0 bridgehead atoms.